The van der Waals surface area contributed by atoms with Crippen LogP contribution in [0.25, 0.3) is 0 Å². The van der Waals surface area contributed by atoms with E-state index < -0.39 is 11.9 Å². The summed E-state index contributed by atoms with van der Waals surface area (Å²) in [6.45, 7) is 5.23. The Kier molecular flexibility index (Phi) is 9.93. The fourth-order valence-electron chi connectivity index (χ4n) is 3.82. The van der Waals surface area contributed by atoms with Crippen molar-refractivity contribution in [3.05, 3.63) is 65.0 Å². The number of methoxy groups -OCH3 is 1. The van der Waals surface area contributed by atoms with E-state index in [0.29, 0.717) is 31.7 Å². The Morgan fingerprint density at radius 3 is 2.63 bits per heavy atom. The molecule has 0 radical (unpaired) electrons. The molecule has 1 fully saturated rings. The summed E-state index contributed by atoms with van der Waals surface area (Å²) in [4.78, 5) is 44.3. The number of pyridine rings is 1. The van der Waals surface area contributed by atoms with E-state index in [-0.39, 0.29) is 35.8 Å². The van der Waals surface area contributed by atoms with Gasteiger partial charge >= 0.3 is 5.97 Å². The molecule has 0 N–H and O–H groups in total. The predicted molar refractivity (Wildman–Crippen MR) is 130 cm³/mol. The Bertz CT molecular complexity index is 1000. The lowest BCUT2D eigenvalue weighted by Crippen LogP contribution is -2.39. The molecule has 1 amide bonds. The third-order valence-electron chi connectivity index (χ3n) is 6.00. The van der Waals surface area contributed by atoms with Gasteiger partial charge in [-0.3, -0.25) is 19.4 Å². The third kappa shape index (κ3) is 7.70. The van der Waals surface area contributed by atoms with Crippen molar-refractivity contribution in [3.8, 4) is 0 Å². The number of hydrogen-bond acceptors (Lipinski definition) is 7. The van der Waals surface area contributed by atoms with E-state index in [4.69, 9.17) is 14.2 Å². The highest BCUT2D eigenvalue weighted by Gasteiger charge is 2.26. The van der Waals surface area contributed by atoms with Crippen LogP contribution < -0.4 is 0 Å². The molecule has 0 bridgehead atoms. The average Bonchev–Trinajstić information content (AvgIpc) is 2.89. The fourth-order valence-corrected chi connectivity index (χ4v) is 3.82. The number of benzene rings is 1. The normalized spacial score (nSPS) is 16.4. The Balaban J connectivity index is 1.71. The molecule has 3 rings (SSSR count). The zero-order valence-electron chi connectivity index (χ0n) is 20.7. The molecule has 0 aliphatic carbocycles. The second kappa shape index (κ2) is 13.1. The van der Waals surface area contributed by atoms with Gasteiger partial charge in [0.1, 0.15) is 12.2 Å². The van der Waals surface area contributed by atoms with Crippen molar-refractivity contribution in [1.82, 2.24) is 9.88 Å². The number of ketones is 1. The van der Waals surface area contributed by atoms with E-state index in [9.17, 15) is 14.4 Å². The van der Waals surface area contributed by atoms with Gasteiger partial charge in [0.15, 0.2) is 12.1 Å². The lowest BCUT2D eigenvalue weighted by atomic mass is 10.00. The van der Waals surface area contributed by atoms with E-state index in [1.165, 1.54) is 18.2 Å². The van der Waals surface area contributed by atoms with Crippen LogP contribution in [0, 0.1) is 12.8 Å². The zero-order valence-corrected chi connectivity index (χ0v) is 20.7. The van der Waals surface area contributed by atoms with Crippen LogP contribution in [-0.4, -0.2) is 67.2 Å². The third-order valence-corrected chi connectivity index (χ3v) is 6.00. The molecule has 1 unspecified atom stereocenters. The van der Waals surface area contributed by atoms with E-state index in [0.717, 1.165) is 24.8 Å². The number of hydrogen-bond donors (Lipinski definition) is 0. The molecular formula is C27H34N2O6. The second-order valence-electron chi connectivity index (χ2n) is 8.92. The lowest BCUT2D eigenvalue weighted by Gasteiger charge is -2.26. The van der Waals surface area contributed by atoms with Crippen LogP contribution in [0.2, 0.25) is 0 Å². The summed E-state index contributed by atoms with van der Waals surface area (Å²) in [6.07, 6.45) is 4.93. The summed E-state index contributed by atoms with van der Waals surface area (Å²) in [5, 5.41) is 0. The lowest BCUT2D eigenvalue weighted by molar-refractivity contribution is -0.168. The smallest absolute Gasteiger partial charge is 0.325 e. The number of ether oxygens (including phenoxy) is 3. The maximum absolute atomic E-state index is 13.5. The number of rotatable bonds is 11. The molecule has 1 aliphatic rings. The van der Waals surface area contributed by atoms with Crippen molar-refractivity contribution in [2.75, 3.05) is 33.4 Å². The van der Waals surface area contributed by atoms with E-state index in [2.05, 4.69) is 4.98 Å². The highest BCUT2D eigenvalue weighted by Crippen LogP contribution is 2.18. The first-order valence-corrected chi connectivity index (χ1v) is 12.0. The van der Waals surface area contributed by atoms with Gasteiger partial charge in [-0.05, 0) is 50.7 Å². The molecule has 2 heterocycles. The molecule has 1 aromatic heterocycles. The molecule has 1 aliphatic heterocycles. The van der Waals surface area contributed by atoms with Crippen molar-refractivity contribution in [2.45, 2.75) is 45.8 Å². The number of aryl methyl sites for hydroxylation is 1. The van der Waals surface area contributed by atoms with Gasteiger partial charge in [-0.25, -0.2) is 0 Å². The standard InChI is InChI=1S/C27H34N2O6/c1-19-9-11-21(12-10-19)26(31)22-7-6-14-28-25(22)27(32)29(17-23(30)33-3)15-13-20(2)18-35-24-8-4-5-16-34-24/h6-7,9-12,14,20,24H,4-5,8,13,15-18H2,1-3H3/t20-,24?/m1/s1. The average molecular weight is 483 g/mol. The molecule has 8 heteroatoms. The van der Waals surface area contributed by atoms with E-state index >= 15 is 0 Å². The van der Waals surface area contributed by atoms with Gasteiger partial charge in [0, 0.05) is 24.9 Å². The van der Waals surface area contributed by atoms with Crippen molar-refractivity contribution >= 4 is 17.7 Å². The summed E-state index contributed by atoms with van der Waals surface area (Å²) < 4.78 is 16.3. The van der Waals surface area contributed by atoms with Crippen molar-refractivity contribution in [1.29, 1.82) is 0 Å². The Morgan fingerprint density at radius 1 is 1.17 bits per heavy atom. The topological polar surface area (TPSA) is 95.0 Å². The molecule has 188 valence electrons. The number of amides is 1. The maximum atomic E-state index is 13.5. The van der Waals surface area contributed by atoms with Gasteiger partial charge in [0.25, 0.3) is 5.91 Å². The molecule has 2 aromatic rings. The van der Waals surface area contributed by atoms with Crippen LogP contribution in [0.4, 0.5) is 0 Å². The highest BCUT2D eigenvalue weighted by molar-refractivity contribution is 6.14. The number of aromatic nitrogens is 1. The zero-order chi connectivity index (χ0) is 25.2. The molecular weight excluding hydrogens is 448 g/mol. The number of nitrogens with zero attached hydrogens (tertiary/aromatic N) is 2. The first kappa shape index (κ1) is 26.5. The minimum atomic E-state index is -0.541. The Labute approximate surface area is 206 Å². The van der Waals surface area contributed by atoms with Gasteiger partial charge in [-0.2, -0.15) is 0 Å². The van der Waals surface area contributed by atoms with E-state index in [1.54, 1.807) is 24.3 Å². The summed E-state index contributed by atoms with van der Waals surface area (Å²) in [5.74, 6) is -1.20. The summed E-state index contributed by atoms with van der Waals surface area (Å²) in [7, 11) is 1.28. The van der Waals surface area contributed by atoms with Crippen molar-refractivity contribution in [2.24, 2.45) is 5.92 Å². The van der Waals surface area contributed by atoms with Gasteiger partial charge in [-0.1, -0.05) is 36.8 Å². The van der Waals surface area contributed by atoms with Crippen LogP contribution in [0.1, 0.15) is 64.6 Å². The minimum absolute atomic E-state index is 0.0153. The van der Waals surface area contributed by atoms with Crippen LogP contribution in [0.15, 0.2) is 42.6 Å². The largest absolute Gasteiger partial charge is 0.468 e. The molecule has 8 nitrogen and oxygen atoms in total. The number of carbonyl (C=O) groups excluding carboxylic acids is 3. The van der Waals surface area contributed by atoms with Crippen LogP contribution in [-0.2, 0) is 19.0 Å². The molecule has 2 atom stereocenters. The fraction of sp³-hybridized carbons (Fsp3) is 0.481. The predicted octanol–water partition coefficient (Wildman–Crippen LogP) is 3.81. The Hall–Kier alpha value is -3.10. The minimum Gasteiger partial charge on any atom is -0.468 e. The van der Waals surface area contributed by atoms with Crippen molar-refractivity contribution < 1.29 is 28.6 Å². The first-order valence-electron chi connectivity index (χ1n) is 12.0. The van der Waals surface area contributed by atoms with E-state index in [1.807, 2.05) is 26.0 Å². The SMILES string of the molecule is COC(=O)CN(CC[C@@H](C)COC1CCCCO1)C(=O)c1ncccc1C(=O)c1ccc(C)cc1. The van der Waals surface area contributed by atoms with Gasteiger partial charge in [-0.15, -0.1) is 0 Å². The molecule has 0 saturated carbocycles. The number of esters is 1. The van der Waals surface area contributed by atoms with Crippen LogP contribution in [0.3, 0.4) is 0 Å². The van der Waals surface area contributed by atoms with Crippen molar-refractivity contribution in [3.63, 3.8) is 0 Å². The number of carbonyl (C=O) groups is 3. The molecule has 0 spiro atoms. The maximum Gasteiger partial charge on any atom is 0.325 e. The van der Waals surface area contributed by atoms with Gasteiger partial charge in [0.05, 0.1) is 19.3 Å². The van der Waals surface area contributed by atoms with Crippen LogP contribution >= 0.6 is 0 Å². The quantitative estimate of drug-likeness (QED) is 0.355. The van der Waals surface area contributed by atoms with Gasteiger partial charge < -0.3 is 19.1 Å². The molecule has 35 heavy (non-hydrogen) atoms. The summed E-state index contributed by atoms with van der Waals surface area (Å²) >= 11 is 0. The first-order chi connectivity index (χ1) is 16.9. The Morgan fingerprint density at radius 2 is 1.94 bits per heavy atom. The van der Waals surface area contributed by atoms with Gasteiger partial charge in [0.2, 0.25) is 0 Å². The monoisotopic (exact) mass is 482 g/mol. The summed E-state index contributed by atoms with van der Waals surface area (Å²) in [5.41, 5.74) is 1.71. The second-order valence-corrected chi connectivity index (χ2v) is 8.92. The summed E-state index contributed by atoms with van der Waals surface area (Å²) in [6, 6.07) is 10.3. The highest BCUT2D eigenvalue weighted by atomic mass is 16.7. The molecule has 1 aromatic carbocycles. The molecule has 1 saturated heterocycles. The van der Waals surface area contributed by atoms with Crippen LogP contribution in [0.5, 0.6) is 0 Å².